The molecular weight excluding hydrogens is 797 g/mol. The van der Waals surface area contributed by atoms with Gasteiger partial charge in [0.15, 0.2) is 0 Å². The third kappa shape index (κ3) is 17.8. The van der Waals surface area contributed by atoms with Gasteiger partial charge in [-0.1, -0.05) is 94.2 Å². The number of ether oxygens (including phenoxy) is 2. The van der Waals surface area contributed by atoms with Crippen molar-refractivity contribution in [1.29, 1.82) is 0 Å². The molecule has 15 heteroatoms. The fourth-order valence-corrected chi connectivity index (χ4v) is 7.81. The number of hydrogen-bond donors (Lipinski definition) is 4. The van der Waals surface area contributed by atoms with Crippen LogP contribution in [0.1, 0.15) is 141 Å². The molecule has 1 aromatic carbocycles. The Morgan fingerprint density at radius 1 is 0.885 bits per heavy atom. The molecule has 0 saturated carbocycles. The minimum atomic E-state index is -0.974. The van der Waals surface area contributed by atoms with E-state index in [1.54, 1.807) is 36.6 Å². The van der Waals surface area contributed by atoms with Crippen molar-refractivity contribution in [1.82, 2.24) is 25.4 Å². The number of carbonyl (C=O) groups excluding carboxylic acids is 4. The fraction of sp³-hybridized carbons (Fsp3) is 0.696. The van der Waals surface area contributed by atoms with E-state index in [1.807, 2.05) is 58.4 Å². The number of rotatable bonds is 29. The van der Waals surface area contributed by atoms with E-state index < -0.39 is 48.0 Å². The molecule has 0 saturated heterocycles. The Kier molecular flexibility index (Phi) is 23.7. The molecule has 14 nitrogen and oxygen atoms in total. The Morgan fingerprint density at radius 3 is 2.11 bits per heavy atom. The van der Waals surface area contributed by atoms with Crippen LogP contribution < -0.4 is 21.1 Å². The van der Waals surface area contributed by atoms with Crippen LogP contribution in [0.2, 0.25) is 0 Å². The lowest BCUT2D eigenvalue weighted by Gasteiger charge is -2.39. The van der Waals surface area contributed by atoms with Crippen LogP contribution in [0.15, 0.2) is 29.6 Å². The van der Waals surface area contributed by atoms with E-state index >= 15 is 0 Å². The largest absolute Gasteiger partial charge is 0.481 e. The number of likely N-dealkylation sites (N-methyl/N-ethyl adjacent to an activating group) is 1. The van der Waals surface area contributed by atoms with Crippen molar-refractivity contribution in [3.8, 4) is 5.75 Å². The van der Waals surface area contributed by atoms with Crippen molar-refractivity contribution in [2.24, 2.45) is 29.4 Å². The van der Waals surface area contributed by atoms with E-state index in [4.69, 9.17) is 20.2 Å². The van der Waals surface area contributed by atoms with Crippen molar-refractivity contribution in [3.63, 3.8) is 0 Å². The van der Waals surface area contributed by atoms with Crippen LogP contribution in [0, 0.1) is 23.7 Å². The number of aliphatic carboxylic acids is 1. The Labute approximate surface area is 369 Å². The van der Waals surface area contributed by atoms with Crippen molar-refractivity contribution in [2.75, 3.05) is 33.3 Å². The average Bonchev–Trinajstić information content (AvgIpc) is 3.71. The number of carboxylic acid groups (broad SMARTS) is 1. The summed E-state index contributed by atoms with van der Waals surface area (Å²) in [6, 6.07) is 4.60. The fourth-order valence-electron chi connectivity index (χ4n) is 6.95. The number of aromatic nitrogens is 1. The molecule has 344 valence electrons. The van der Waals surface area contributed by atoms with Crippen molar-refractivity contribution < 1.29 is 38.6 Å². The second-order valence-corrected chi connectivity index (χ2v) is 18.1. The number of esters is 1. The van der Waals surface area contributed by atoms with Crippen LogP contribution in [-0.2, 0) is 30.3 Å². The summed E-state index contributed by atoms with van der Waals surface area (Å²) in [4.78, 5) is 74.6. The van der Waals surface area contributed by atoms with E-state index in [0.717, 1.165) is 37.8 Å². The standard InChI is InChI=1S/C46H76N6O8S/c1-12-16-22-51(11)27-39(53)50-41(31(9)15-4)44(55)52(21-13-2)37(29(5)6)26-38(59-23-14-3)43-49-36(28-61-43)42(54)48-34(24-32(10)45(56)57)25-33-17-19-35(20-18-33)60-46(58)40(47)30(7)8/h17-20,28-32,34,37-38,40-41H,12-16,21-27,47H2,1-11H3,(H,48,54)(H,50,53)(H,56,57)/t31-,32-,34+,37+,38+,40+,41-/m0/s1. The SMILES string of the molecule is CCCCN(C)CC(=O)N[C@H](C(=O)N(CCC)[C@H](C[C@@H](OCCC)c1nc(C(=O)N[C@@H](Cc2ccc(OC(=O)[C@H](N)C(C)C)cc2)C[C@H](C)C(=O)O)cs1)C(C)C)[C@@H](C)CC. The molecule has 5 N–H and O–H groups in total. The maximum absolute atomic E-state index is 14.6. The molecule has 0 radical (unpaired) electrons. The summed E-state index contributed by atoms with van der Waals surface area (Å²) in [6.07, 6.45) is 4.64. The van der Waals surface area contributed by atoms with Gasteiger partial charge >= 0.3 is 11.9 Å². The number of amides is 3. The van der Waals surface area contributed by atoms with Gasteiger partial charge in [0.2, 0.25) is 11.8 Å². The number of thiazole rings is 1. The third-order valence-corrected chi connectivity index (χ3v) is 12.0. The summed E-state index contributed by atoms with van der Waals surface area (Å²) in [5.41, 5.74) is 6.93. The predicted molar refractivity (Wildman–Crippen MR) is 241 cm³/mol. The first-order valence-electron chi connectivity index (χ1n) is 22.3. The zero-order chi connectivity index (χ0) is 45.8. The van der Waals surface area contributed by atoms with Gasteiger partial charge in [0.1, 0.15) is 34.6 Å². The molecule has 2 aromatic rings. The predicted octanol–water partition coefficient (Wildman–Crippen LogP) is 6.87. The van der Waals surface area contributed by atoms with Crippen LogP contribution in [0.4, 0.5) is 0 Å². The number of nitrogens with one attached hydrogen (secondary N) is 2. The van der Waals surface area contributed by atoms with Crippen molar-refractivity contribution in [2.45, 2.75) is 151 Å². The van der Waals surface area contributed by atoms with E-state index in [2.05, 4.69) is 31.4 Å². The highest BCUT2D eigenvalue weighted by molar-refractivity contribution is 7.09. The molecule has 0 fully saturated rings. The minimum absolute atomic E-state index is 0.0372. The highest BCUT2D eigenvalue weighted by Crippen LogP contribution is 2.32. The molecule has 0 unspecified atom stereocenters. The van der Waals surface area contributed by atoms with Gasteiger partial charge in [0.05, 0.1) is 12.5 Å². The topological polar surface area (TPSA) is 193 Å². The number of carbonyl (C=O) groups is 5. The van der Waals surface area contributed by atoms with Gasteiger partial charge in [-0.15, -0.1) is 11.3 Å². The quantitative estimate of drug-likeness (QED) is 0.0493. The summed E-state index contributed by atoms with van der Waals surface area (Å²) in [5, 5.41) is 18.1. The minimum Gasteiger partial charge on any atom is -0.481 e. The Bertz CT molecular complexity index is 1650. The van der Waals surface area contributed by atoms with Crippen LogP contribution in [0.25, 0.3) is 0 Å². The number of nitrogens with zero attached hydrogens (tertiary/aromatic N) is 3. The molecule has 0 aliphatic carbocycles. The zero-order valence-electron chi connectivity index (χ0n) is 38.7. The van der Waals surface area contributed by atoms with Crippen LogP contribution in [-0.4, -0.2) is 107 Å². The number of nitrogens with two attached hydrogens (primary N) is 1. The molecular formula is C46H76N6O8S. The van der Waals surface area contributed by atoms with Gasteiger partial charge < -0.3 is 35.8 Å². The number of carboxylic acids is 1. The molecule has 7 atom stereocenters. The van der Waals surface area contributed by atoms with E-state index in [1.165, 1.54) is 11.3 Å². The van der Waals surface area contributed by atoms with E-state index in [0.29, 0.717) is 43.2 Å². The maximum atomic E-state index is 14.6. The molecule has 0 aliphatic rings. The Hall–Kier alpha value is -3.92. The maximum Gasteiger partial charge on any atom is 0.328 e. The molecule has 0 spiro atoms. The average molecular weight is 873 g/mol. The molecule has 1 aromatic heterocycles. The van der Waals surface area contributed by atoms with E-state index in [-0.39, 0.29) is 54.3 Å². The van der Waals surface area contributed by atoms with Gasteiger partial charge in [-0.3, -0.25) is 24.1 Å². The Balaban J connectivity index is 2.36. The summed E-state index contributed by atoms with van der Waals surface area (Å²) in [7, 11) is 1.92. The first-order valence-corrected chi connectivity index (χ1v) is 23.2. The summed E-state index contributed by atoms with van der Waals surface area (Å²) >= 11 is 1.31. The highest BCUT2D eigenvalue weighted by atomic mass is 32.1. The van der Waals surface area contributed by atoms with Gasteiger partial charge in [-0.25, -0.2) is 9.78 Å². The normalized spacial score (nSPS) is 15.1. The number of benzene rings is 1. The van der Waals surface area contributed by atoms with Gasteiger partial charge in [-0.2, -0.15) is 0 Å². The highest BCUT2D eigenvalue weighted by Gasteiger charge is 2.37. The second kappa shape index (κ2) is 27.2. The van der Waals surface area contributed by atoms with Crippen LogP contribution in [0.3, 0.4) is 0 Å². The smallest absolute Gasteiger partial charge is 0.328 e. The summed E-state index contributed by atoms with van der Waals surface area (Å²) in [6.45, 7) is 21.6. The second-order valence-electron chi connectivity index (χ2n) is 17.2. The van der Waals surface area contributed by atoms with E-state index in [9.17, 15) is 29.1 Å². The molecule has 61 heavy (non-hydrogen) atoms. The van der Waals surface area contributed by atoms with Crippen LogP contribution in [0.5, 0.6) is 5.75 Å². The zero-order valence-corrected chi connectivity index (χ0v) is 39.5. The number of hydrogen-bond acceptors (Lipinski definition) is 11. The van der Waals surface area contributed by atoms with Gasteiger partial charge in [-0.05, 0) is 81.1 Å². The Morgan fingerprint density at radius 2 is 1.56 bits per heavy atom. The monoisotopic (exact) mass is 873 g/mol. The number of unbranched alkanes of at least 4 members (excludes halogenated alkanes) is 1. The lowest BCUT2D eigenvalue weighted by Crippen LogP contribution is -2.56. The van der Waals surface area contributed by atoms with Crippen molar-refractivity contribution in [3.05, 3.63) is 45.9 Å². The molecule has 3 amide bonds. The molecule has 0 bridgehead atoms. The van der Waals surface area contributed by atoms with Crippen molar-refractivity contribution >= 4 is 41.0 Å². The first-order chi connectivity index (χ1) is 28.9. The van der Waals surface area contributed by atoms with Crippen LogP contribution >= 0.6 is 11.3 Å². The first kappa shape index (κ1) is 53.2. The van der Waals surface area contributed by atoms with Gasteiger partial charge in [0.25, 0.3) is 5.91 Å². The summed E-state index contributed by atoms with van der Waals surface area (Å²) < 4.78 is 11.9. The van der Waals surface area contributed by atoms with Gasteiger partial charge in [0, 0.05) is 37.0 Å². The molecule has 0 aliphatic heterocycles. The lowest BCUT2D eigenvalue weighted by molar-refractivity contribution is -0.142. The third-order valence-electron chi connectivity index (χ3n) is 11.0. The lowest BCUT2D eigenvalue weighted by atomic mass is 9.92. The summed E-state index contributed by atoms with van der Waals surface area (Å²) in [5.74, 6) is -2.75. The molecule has 1 heterocycles. The molecule has 2 rings (SSSR count).